The molecule has 1 aliphatic heterocycles. The molecule has 10 heteroatoms. The Labute approximate surface area is 200 Å². The first-order chi connectivity index (χ1) is 16.6. The molecular formula is C24H26N6O3S. The third kappa shape index (κ3) is 3.57. The van der Waals surface area contributed by atoms with E-state index in [0.29, 0.717) is 25.5 Å². The molecule has 5 heterocycles. The standard InChI is InChI=1S/C24H26N6O3S/c1-14-12-33-8-7-29(14)24(31)15-3-4-17-20(9-15)34-23-21(17)22(25-13-26-23)28-18-10-16-5-6-27-30(16)11-19(18)32-2/h5-6,10-11,13-15H,3-4,7-9,12H2,1-2H3,(H,25,26,28)/t14-,15+/m1/s1. The molecule has 0 radical (unpaired) electrons. The second-order valence-electron chi connectivity index (χ2n) is 8.88. The molecule has 1 aliphatic carbocycles. The number of fused-ring (bicyclic) bond motifs is 4. The molecule has 1 fully saturated rings. The van der Waals surface area contributed by atoms with E-state index < -0.39 is 0 Å². The van der Waals surface area contributed by atoms with E-state index in [9.17, 15) is 4.79 Å². The van der Waals surface area contributed by atoms with E-state index in [0.717, 1.165) is 46.5 Å². The van der Waals surface area contributed by atoms with E-state index in [-0.39, 0.29) is 17.9 Å². The van der Waals surface area contributed by atoms with Gasteiger partial charge in [-0.25, -0.2) is 14.5 Å². The first-order valence-corrected chi connectivity index (χ1v) is 12.4. The predicted molar refractivity (Wildman–Crippen MR) is 130 cm³/mol. The van der Waals surface area contributed by atoms with Gasteiger partial charge in [-0.2, -0.15) is 5.10 Å². The van der Waals surface area contributed by atoms with Crippen LogP contribution in [0.5, 0.6) is 5.75 Å². The number of thiophene rings is 1. The third-order valence-electron chi connectivity index (χ3n) is 6.82. The van der Waals surface area contributed by atoms with Crippen LogP contribution < -0.4 is 10.1 Å². The summed E-state index contributed by atoms with van der Waals surface area (Å²) in [6, 6.07) is 4.07. The summed E-state index contributed by atoms with van der Waals surface area (Å²) in [5.74, 6) is 1.70. The fourth-order valence-electron chi connectivity index (χ4n) is 5.04. The summed E-state index contributed by atoms with van der Waals surface area (Å²) in [5, 5.41) is 8.80. The number of ether oxygens (including phenoxy) is 2. The second-order valence-corrected chi connectivity index (χ2v) is 9.97. The molecule has 0 saturated carbocycles. The van der Waals surface area contributed by atoms with Gasteiger partial charge in [0.1, 0.15) is 17.0 Å². The number of pyridine rings is 1. The van der Waals surface area contributed by atoms with Crippen LogP contribution in [0.25, 0.3) is 15.7 Å². The summed E-state index contributed by atoms with van der Waals surface area (Å²) in [6.07, 6.45) is 7.62. The molecule has 0 spiro atoms. The quantitative estimate of drug-likeness (QED) is 0.480. The predicted octanol–water partition coefficient (Wildman–Crippen LogP) is 3.44. The molecule has 2 aliphatic rings. The summed E-state index contributed by atoms with van der Waals surface area (Å²) in [7, 11) is 1.64. The van der Waals surface area contributed by atoms with E-state index in [1.54, 1.807) is 35.5 Å². The van der Waals surface area contributed by atoms with Crippen molar-refractivity contribution in [2.45, 2.75) is 32.2 Å². The summed E-state index contributed by atoms with van der Waals surface area (Å²) < 4.78 is 12.9. The normalized spacial score (nSPS) is 20.5. The molecule has 0 bridgehead atoms. The molecule has 0 aromatic carbocycles. The Balaban J connectivity index is 1.32. The number of anilines is 2. The van der Waals surface area contributed by atoms with Crippen molar-refractivity contribution in [2.24, 2.45) is 5.92 Å². The highest BCUT2D eigenvalue weighted by Crippen LogP contribution is 2.41. The molecule has 2 atom stereocenters. The Morgan fingerprint density at radius 2 is 2.26 bits per heavy atom. The number of carbonyl (C=O) groups is 1. The first-order valence-electron chi connectivity index (χ1n) is 11.5. The number of hydrogen-bond donors (Lipinski definition) is 1. The van der Waals surface area contributed by atoms with Crippen LogP contribution in [0.4, 0.5) is 11.5 Å². The number of nitrogens with one attached hydrogen (secondary N) is 1. The number of carbonyl (C=O) groups excluding carboxylic acids is 1. The Morgan fingerprint density at radius 3 is 3.12 bits per heavy atom. The zero-order chi connectivity index (χ0) is 23.2. The van der Waals surface area contributed by atoms with Gasteiger partial charge >= 0.3 is 0 Å². The van der Waals surface area contributed by atoms with E-state index >= 15 is 0 Å². The van der Waals surface area contributed by atoms with Gasteiger partial charge in [0.05, 0.1) is 49.2 Å². The van der Waals surface area contributed by atoms with Gasteiger partial charge in [0, 0.05) is 23.5 Å². The SMILES string of the molecule is COc1cn2nccc2cc1Nc1ncnc2sc3c(c12)CC[C@H](C(=O)N1CCOC[C@H]1C)C3. The van der Waals surface area contributed by atoms with Crippen molar-refractivity contribution in [1.29, 1.82) is 0 Å². The van der Waals surface area contributed by atoms with E-state index in [2.05, 4.69) is 27.3 Å². The van der Waals surface area contributed by atoms with Crippen molar-refractivity contribution in [3.63, 3.8) is 0 Å². The lowest BCUT2D eigenvalue weighted by Crippen LogP contribution is -2.50. The van der Waals surface area contributed by atoms with Gasteiger partial charge in [0.2, 0.25) is 5.91 Å². The molecular weight excluding hydrogens is 452 g/mol. The summed E-state index contributed by atoms with van der Waals surface area (Å²) in [4.78, 5) is 26.6. The smallest absolute Gasteiger partial charge is 0.226 e. The summed E-state index contributed by atoms with van der Waals surface area (Å²) in [6.45, 7) is 3.98. The zero-order valence-corrected chi connectivity index (χ0v) is 20.0. The van der Waals surface area contributed by atoms with Gasteiger partial charge in [-0.1, -0.05) is 0 Å². The maximum atomic E-state index is 13.3. The van der Waals surface area contributed by atoms with Crippen molar-refractivity contribution in [3.8, 4) is 5.75 Å². The van der Waals surface area contributed by atoms with Gasteiger partial charge in [-0.05, 0) is 43.9 Å². The van der Waals surface area contributed by atoms with Crippen LogP contribution in [-0.2, 0) is 22.4 Å². The molecule has 176 valence electrons. The summed E-state index contributed by atoms with van der Waals surface area (Å²) >= 11 is 1.68. The molecule has 1 amide bonds. The lowest BCUT2D eigenvalue weighted by atomic mass is 9.86. The minimum Gasteiger partial charge on any atom is -0.493 e. The second kappa shape index (κ2) is 8.52. The van der Waals surface area contributed by atoms with E-state index in [1.807, 2.05) is 23.2 Å². The van der Waals surface area contributed by atoms with Crippen LogP contribution in [0.3, 0.4) is 0 Å². The molecule has 0 unspecified atom stereocenters. The van der Waals surface area contributed by atoms with Crippen LogP contribution in [-0.4, -0.2) is 63.3 Å². The van der Waals surface area contributed by atoms with Crippen LogP contribution in [0, 0.1) is 5.92 Å². The number of nitrogens with zero attached hydrogens (tertiary/aromatic N) is 5. The molecule has 1 N–H and O–H groups in total. The molecule has 34 heavy (non-hydrogen) atoms. The van der Waals surface area contributed by atoms with Crippen molar-refractivity contribution in [2.75, 3.05) is 32.2 Å². The van der Waals surface area contributed by atoms with E-state index in [4.69, 9.17) is 9.47 Å². The minimum atomic E-state index is 0.00912. The minimum absolute atomic E-state index is 0.00912. The number of methoxy groups -OCH3 is 1. The monoisotopic (exact) mass is 478 g/mol. The fourth-order valence-corrected chi connectivity index (χ4v) is 6.31. The van der Waals surface area contributed by atoms with Crippen LogP contribution in [0.1, 0.15) is 23.8 Å². The van der Waals surface area contributed by atoms with Crippen molar-refractivity contribution in [1.82, 2.24) is 24.5 Å². The van der Waals surface area contributed by atoms with Crippen LogP contribution in [0.2, 0.25) is 0 Å². The number of amides is 1. The number of morpholine rings is 1. The highest BCUT2D eigenvalue weighted by molar-refractivity contribution is 7.19. The van der Waals surface area contributed by atoms with Crippen molar-refractivity contribution < 1.29 is 14.3 Å². The molecule has 4 aromatic heterocycles. The largest absolute Gasteiger partial charge is 0.493 e. The Morgan fingerprint density at radius 1 is 1.35 bits per heavy atom. The summed E-state index contributed by atoms with van der Waals surface area (Å²) in [5.41, 5.74) is 3.03. The van der Waals surface area contributed by atoms with Crippen LogP contribution in [0.15, 0.2) is 30.9 Å². The van der Waals surface area contributed by atoms with Gasteiger partial charge < -0.3 is 19.7 Å². The Bertz CT molecular complexity index is 1380. The molecule has 4 aromatic rings. The Hall–Kier alpha value is -3.24. The molecule has 9 nitrogen and oxygen atoms in total. The zero-order valence-electron chi connectivity index (χ0n) is 19.2. The fraction of sp³-hybridized carbons (Fsp3) is 0.417. The highest BCUT2D eigenvalue weighted by atomic mass is 32.1. The number of aryl methyl sites for hydroxylation is 1. The van der Waals surface area contributed by atoms with Gasteiger partial charge in [-0.15, -0.1) is 11.3 Å². The topological polar surface area (TPSA) is 93.9 Å². The van der Waals surface area contributed by atoms with Crippen molar-refractivity contribution in [3.05, 3.63) is 41.3 Å². The third-order valence-corrected chi connectivity index (χ3v) is 7.98. The maximum Gasteiger partial charge on any atom is 0.226 e. The first kappa shape index (κ1) is 21.3. The highest BCUT2D eigenvalue weighted by Gasteiger charge is 2.34. The molecule has 1 saturated heterocycles. The Kier molecular flexibility index (Phi) is 5.34. The van der Waals surface area contributed by atoms with Crippen molar-refractivity contribution >= 4 is 44.5 Å². The number of hydrogen-bond acceptors (Lipinski definition) is 8. The lowest BCUT2D eigenvalue weighted by molar-refractivity contribution is -0.143. The van der Waals surface area contributed by atoms with E-state index in [1.165, 1.54) is 10.4 Å². The number of aromatic nitrogens is 4. The van der Waals surface area contributed by atoms with Gasteiger partial charge in [0.15, 0.2) is 5.75 Å². The lowest BCUT2D eigenvalue weighted by Gasteiger charge is -2.36. The molecule has 6 rings (SSSR count). The van der Waals surface area contributed by atoms with Gasteiger partial charge in [0.25, 0.3) is 0 Å². The maximum absolute atomic E-state index is 13.3. The number of rotatable bonds is 4. The average molecular weight is 479 g/mol. The average Bonchev–Trinajstić information content (AvgIpc) is 3.47. The van der Waals surface area contributed by atoms with Crippen LogP contribution >= 0.6 is 11.3 Å². The van der Waals surface area contributed by atoms with Gasteiger partial charge in [-0.3, -0.25) is 4.79 Å².